The minimum atomic E-state index is -3.68. The van der Waals surface area contributed by atoms with E-state index in [0.29, 0.717) is 23.4 Å². The van der Waals surface area contributed by atoms with Crippen LogP contribution in [0, 0.1) is 6.92 Å². The van der Waals surface area contributed by atoms with Gasteiger partial charge in [0.15, 0.2) is 5.78 Å². The van der Waals surface area contributed by atoms with E-state index in [1.54, 1.807) is 6.07 Å². The number of methoxy groups -OCH3 is 1. The van der Waals surface area contributed by atoms with E-state index in [1.807, 2.05) is 19.1 Å². The number of hydrogen-bond acceptors (Lipinski definition) is 5. The predicted molar refractivity (Wildman–Crippen MR) is 112 cm³/mol. The lowest BCUT2D eigenvalue weighted by atomic mass is 10.2. The number of sulfonamides is 1. The molecule has 2 rings (SSSR count). The molecule has 8 heteroatoms. The molecule has 0 spiro atoms. The van der Waals surface area contributed by atoms with Gasteiger partial charge in [-0.15, -0.1) is 0 Å². The Kier molecular flexibility index (Phi) is 7.53. The van der Waals surface area contributed by atoms with E-state index in [1.165, 1.54) is 49.7 Å². The van der Waals surface area contributed by atoms with E-state index >= 15 is 0 Å². The summed E-state index contributed by atoms with van der Waals surface area (Å²) in [6, 6.07) is 11.3. The molecule has 0 aliphatic carbocycles. The monoisotopic (exact) mass is 418 g/mol. The number of rotatable bonds is 9. The van der Waals surface area contributed by atoms with Crippen LogP contribution in [-0.2, 0) is 14.8 Å². The molecular formula is C21H26N2O5S. The van der Waals surface area contributed by atoms with Gasteiger partial charge in [0.1, 0.15) is 5.75 Å². The molecule has 7 nitrogen and oxygen atoms in total. The number of amides is 1. The van der Waals surface area contributed by atoms with Crippen LogP contribution in [-0.4, -0.2) is 45.1 Å². The van der Waals surface area contributed by atoms with Gasteiger partial charge in [-0.3, -0.25) is 9.59 Å². The van der Waals surface area contributed by atoms with Crippen LogP contribution >= 0.6 is 0 Å². The van der Waals surface area contributed by atoms with Crippen LogP contribution in [0.25, 0.3) is 0 Å². The average Bonchev–Trinajstić information content (AvgIpc) is 2.68. The summed E-state index contributed by atoms with van der Waals surface area (Å²) in [5.41, 5.74) is 2.03. The minimum absolute atomic E-state index is 0.110. The van der Waals surface area contributed by atoms with Crippen LogP contribution in [0.1, 0.15) is 35.7 Å². The lowest BCUT2D eigenvalue weighted by Crippen LogP contribution is -2.28. The molecule has 0 atom stereocenters. The summed E-state index contributed by atoms with van der Waals surface area (Å²) >= 11 is 0. The highest BCUT2D eigenvalue weighted by Gasteiger charge is 2.21. The van der Waals surface area contributed by atoms with Crippen molar-refractivity contribution >= 4 is 27.4 Å². The van der Waals surface area contributed by atoms with Crippen LogP contribution < -0.4 is 10.1 Å². The van der Waals surface area contributed by atoms with E-state index in [2.05, 4.69) is 5.32 Å². The summed E-state index contributed by atoms with van der Waals surface area (Å²) in [6.45, 7) is 3.53. The first-order valence-electron chi connectivity index (χ1n) is 9.17. The maximum Gasteiger partial charge on any atom is 0.242 e. The minimum Gasteiger partial charge on any atom is -0.495 e. The molecule has 0 aliphatic heterocycles. The van der Waals surface area contributed by atoms with Crippen molar-refractivity contribution in [3.8, 4) is 5.75 Å². The molecule has 0 aromatic heterocycles. The topological polar surface area (TPSA) is 92.8 Å². The Bertz CT molecular complexity index is 985. The molecule has 1 N–H and O–H groups in total. The van der Waals surface area contributed by atoms with E-state index in [9.17, 15) is 18.0 Å². The van der Waals surface area contributed by atoms with Gasteiger partial charge >= 0.3 is 0 Å². The Hall–Kier alpha value is -2.71. The van der Waals surface area contributed by atoms with Crippen LogP contribution in [0.2, 0.25) is 0 Å². The first-order valence-corrected chi connectivity index (χ1v) is 10.6. The number of nitrogens with zero attached hydrogens (tertiary/aromatic N) is 1. The number of carbonyl (C=O) groups excluding carboxylic acids is 2. The molecule has 1 amide bonds. The molecular weight excluding hydrogens is 392 g/mol. The van der Waals surface area contributed by atoms with Crippen molar-refractivity contribution in [2.45, 2.75) is 31.6 Å². The van der Waals surface area contributed by atoms with E-state index < -0.39 is 10.0 Å². The number of anilines is 1. The van der Waals surface area contributed by atoms with Crippen LogP contribution in [0.15, 0.2) is 47.4 Å². The van der Waals surface area contributed by atoms with Crippen molar-refractivity contribution in [1.29, 1.82) is 0 Å². The predicted octanol–water partition coefficient (Wildman–Crippen LogP) is 3.25. The Morgan fingerprint density at radius 3 is 2.34 bits per heavy atom. The summed E-state index contributed by atoms with van der Waals surface area (Å²) in [5, 5.41) is 2.80. The zero-order valence-electron chi connectivity index (χ0n) is 17.1. The van der Waals surface area contributed by atoms with Gasteiger partial charge in [-0.25, -0.2) is 12.7 Å². The highest BCUT2D eigenvalue weighted by atomic mass is 32.2. The highest BCUT2D eigenvalue weighted by molar-refractivity contribution is 7.89. The van der Waals surface area contributed by atoms with Gasteiger partial charge in [-0.2, -0.15) is 0 Å². The molecule has 0 radical (unpaired) electrons. The summed E-state index contributed by atoms with van der Waals surface area (Å²) in [5.74, 6) is 0.224. The number of benzene rings is 2. The molecule has 0 heterocycles. The second kappa shape index (κ2) is 9.67. The second-order valence-electron chi connectivity index (χ2n) is 6.76. The third-order valence-electron chi connectivity index (χ3n) is 4.47. The molecule has 2 aromatic rings. The molecule has 2 aromatic carbocycles. The molecule has 0 unspecified atom stereocenters. The standard InChI is InChI=1S/C21H26N2O5S/c1-15-7-12-20(28-4)19(14-15)22-21(25)6-5-13-23(3)29(26,27)18-10-8-17(9-11-18)16(2)24/h7-12,14H,5-6,13H2,1-4H3,(H,22,25). The fraction of sp³-hybridized carbons (Fsp3) is 0.333. The van der Waals surface area contributed by atoms with Crippen molar-refractivity contribution in [1.82, 2.24) is 4.31 Å². The van der Waals surface area contributed by atoms with Crippen LogP contribution in [0.5, 0.6) is 5.75 Å². The Morgan fingerprint density at radius 1 is 1.10 bits per heavy atom. The number of ketones is 1. The fourth-order valence-electron chi connectivity index (χ4n) is 2.76. The van der Waals surface area contributed by atoms with E-state index in [0.717, 1.165) is 5.56 Å². The van der Waals surface area contributed by atoms with Crippen molar-refractivity contribution in [3.63, 3.8) is 0 Å². The van der Waals surface area contributed by atoms with Crippen molar-refractivity contribution in [3.05, 3.63) is 53.6 Å². The Balaban J connectivity index is 1.93. The third kappa shape index (κ3) is 5.88. The second-order valence-corrected chi connectivity index (χ2v) is 8.81. The zero-order valence-corrected chi connectivity index (χ0v) is 17.9. The third-order valence-corrected chi connectivity index (χ3v) is 6.35. The normalized spacial score (nSPS) is 11.3. The first-order chi connectivity index (χ1) is 13.6. The average molecular weight is 419 g/mol. The van der Waals surface area contributed by atoms with Gasteiger partial charge in [-0.05, 0) is 50.1 Å². The SMILES string of the molecule is COc1ccc(C)cc1NC(=O)CCCN(C)S(=O)(=O)c1ccc(C(C)=O)cc1. The van der Waals surface area contributed by atoms with Gasteiger partial charge in [0.2, 0.25) is 15.9 Å². The van der Waals surface area contributed by atoms with Gasteiger partial charge in [-0.1, -0.05) is 18.2 Å². The van der Waals surface area contributed by atoms with Crippen molar-refractivity contribution < 1.29 is 22.7 Å². The number of ether oxygens (including phenoxy) is 1. The Labute approximate surface area is 171 Å². The van der Waals surface area contributed by atoms with Gasteiger partial charge in [0.25, 0.3) is 0 Å². The van der Waals surface area contributed by atoms with Crippen molar-refractivity contribution in [2.75, 3.05) is 26.0 Å². The highest BCUT2D eigenvalue weighted by Crippen LogP contribution is 2.25. The molecule has 0 fully saturated rings. The number of nitrogens with one attached hydrogen (secondary N) is 1. The summed E-state index contributed by atoms with van der Waals surface area (Å²) < 4.78 is 31.7. The first kappa shape index (κ1) is 22.6. The number of carbonyl (C=O) groups is 2. The molecule has 0 bridgehead atoms. The maximum absolute atomic E-state index is 12.6. The number of Topliss-reactive ketones (excluding diaryl/α,β-unsaturated/α-hetero) is 1. The number of aryl methyl sites for hydroxylation is 1. The summed E-state index contributed by atoms with van der Waals surface area (Å²) in [4.78, 5) is 23.7. The Morgan fingerprint density at radius 2 is 1.76 bits per heavy atom. The smallest absolute Gasteiger partial charge is 0.242 e. The maximum atomic E-state index is 12.6. The zero-order chi connectivity index (χ0) is 21.6. The molecule has 0 saturated heterocycles. The molecule has 0 aliphatic rings. The molecule has 156 valence electrons. The number of hydrogen-bond donors (Lipinski definition) is 1. The van der Waals surface area contributed by atoms with Gasteiger partial charge in [0, 0.05) is 25.6 Å². The largest absolute Gasteiger partial charge is 0.495 e. The van der Waals surface area contributed by atoms with Crippen LogP contribution in [0.3, 0.4) is 0 Å². The summed E-state index contributed by atoms with van der Waals surface area (Å²) in [7, 11) is -0.685. The van der Waals surface area contributed by atoms with Gasteiger partial charge < -0.3 is 10.1 Å². The quantitative estimate of drug-likeness (QED) is 0.631. The fourth-order valence-corrected chi connectivity index (χ4v) is 3.97. The summed E-state index contributed by atoms with van der Waals surface area (Å²) in [6.07, 6.45) is 0.529. The van der Waals surface area contributed by atoms with E-state index in [-0.39, 0.29) is 29.6 Å². The lowest BCUT2D eigenvalue weighted by Gasteiger charge is -2.17. The van der Waals surface area contributed by atoms with E-state index in [4.69, 9.17) is 4.74 Å². The molecule has 29 heavy (non-hydrogen) atoms. The van der Waals surface area contributed by atoms with Crippen molar-refractivity contribution in [2.24, 2.45) is 0 Å². The van der Waals surface area contributed by atoms with Gasteiger partial charge in [0.05, 0.1) is 17.7 Å². The van der Waals surface area contributed by atoms with Crippen LogP contribution in [0.4, 0.5) is 5.69 Å². The molecule has 0 saturated carbocycles. The lowest BCUT2D eigenvalue weighted by molar-refractivity contribution is -0.116.